The van der Waals surface area contributed by atoms with Crippen molar-refractivity contribution in [1.82, 2.24) is 0 Å². The van der Waals surface area contributed by atoms with Crippen LogP contribution >= 0.6 is 23.2 Å². The predicted octanol–water partition coefficient (Wildman–Crippen LogP) is 3.52. The highest BCUT2D eigenvalue weighted by molar-refractivity contribution is 6.36. The second-order valence-corrected chi connectivity index (χ2v) is 3.05. The molecule has 0 amide bonds. The smallest absolute Gasteiger partial charge is 0.197 e. The molecule has 0 nitrogen and oxygen atoms in total. The molecule has 0 atom stereocenters. The zero-order chi connectivity index (χ0) is 9.57. The summed E-state index contributed by atoms with van der Waals surface area (Å²) in [6, 6.07) is 0. The van der Waals surface area contributed by atoms with Crippen molar-refractivity contribution >= 4 is 23.2 Å². The molecule has 0 heterocycles. The second kappa shape index (κ2) is 2.64. The van der Waals surface area contributed by atoms with Crippen molar-refractivity contribution in [2.45, 2.75) is 11.8 Å². The maximum atomic E-state index is 12.6. The Morgan fingerprint density at radius 1 is 0.917 bits per heavy atom. The molecule has 12 heavy (non-hydrogen) atoms. The molecule has 1 rings (SSSR count). The number of rotatable bonds is 0. The number of allylic oxidation sites excluding steroid dienone is 4. The largest absolute Gasteiger partial charge is 0.318 e. The van der Waals surface area contributed by atoms with Gasteiger partial charge in [-0.15, -0.1) is 0 Å². The van der Waals surface area contributed by atoms with Gasteiger partial charge >= 0.3 is 5.92 Å². The fourth-order valence-electron chi connectivity index (χ4n) is 0.675. The van der Waals surface area contributed by atoms with Gasteiger partial charge in [0.15, 0.2) is 0 Å². The Kier molecular flexibility index (Phi) is 2.17. The lowest BCUT2D eigenvalue weighted by molar-refractivity contribution is 0.0637. The third-order valence-corrected chi connectivity index (χ3v) is 1.93. The number of hydrogen-bond acceptors (Lipinski definition) is 0. The maximum Gasteiger partial charge on any atom is 0.318 e. The lowest BCUT2D eigenvalue weighted by atomic mass is 10.1. The molecule has 0 N–H and O–H groups in total. The molecule has 0 saturated heterocycles. The van der Waals surface area contributed by atoms with Crippen molar-refractivity contribution in [3.8, 4) is 0 Å². The Hall–Kier alpha value is -0.220. The molecule has 0 bridgehead atoms. The van der Waals surface area contributed by atoms with Gasteiger partial charge in [0.25, 0.3) is 5.92 Å². The van der Waals surface area contributed by atoms with Gasteiger partial charge in [0, 0.05) is 12.2 Å². The Morgan fingerprint density at radius 2 is 1.25 bits per heavy atom. The van der Waals surface area contributed by atoms with E-state index in [2.05, 4.69) is 0 Å². The van der Waals surface area contributed by atoms with Gasteiger partial charge in [-0.1, -0.05) is 23.2 Å². The van der Waals surface area contributed by atoms with Crippen molar-refractivity contribution in [1.29, 1.82) is 0 Å². The molecule has 0 spiro atoms. The summed E-state index contributed by atoms with van der Waals surface area (Å²) in [6.45, 7) is 0. The first-order valence-electron chi connectivity index (χ1n) is 2.79. The molecular formula is C6H2Cl2F4. The van der Waals surface area contributed by atoms with Crippen LogP contribution in [0, 0.1) is 0 Å². The number of halogens is 6. The Labute approximate surface area is 75.4 Å². The summed E-state index contributed by atoms with van der Waals surface area (Å²) >= 11 is 9.79. The summed E-state index contributed by atoms with van der Waals surface area (Å²) in [6.07, 6.45) is -0.0547. The SMILES string of the molecule is FC1(F)C=C(Cl)C(F)(F)C(Cl)=C1. The summed E-state index contributed by atoms with van der Waals surface area (Å²) in [4.78, 5) is 0. The highest BCUT2D eigenvalue weighted by Gasteiger charge is 2.45. The lowest BCUT2D eigenvalue weighted by Crippen LogP contribution is -2.26. The van der Waals surface area contributed by atoms with Gasteiger partial charge in [0.2, 0.25) is 0 Å². The van der Waals surface area contributed by atoms with Crippen molar-refractivity contribution in [3.63, 3.8) is 0 Å². The van der Waals surface area contributed by atoms with Crippen LogP contribution in [0.15, 0.2) is 22.2 Å². The van der Waals surface area contributed by atoms with Gasteiger partial charge in [-0.3, -0.25) is 0 Å². The van der Waals surface area contributed by atoms with Crippen molar-refractivity contribution < 1.29 is 17.6 Å². The summed E-state index contributed by atoms with van der Waals surface area (Å²) in [7, 11) is 0. The van der Waals surface area contributed by atoms with Gasteiger partial charge in [-0.05, 0) is 0 Å². The molecule has 1 aliphatic rings. The van der Waals surface area contributed by atoms with Crippen LogP contribution in [0.1, 0.15) is 0 Å². The first-order chi connectivity index (χ1) is 5.26. The summed E-state index contributed by atoms with van der Waals surface area (Å²) in [5.74, 6) is -7.17. The normalized spacial score (nSPS) is 26.2. The van der Waals surface area contributed by atoms with E-state index in [1.807, 2.05) is 0 Å². The van der Waals surface area contributed by atoms with E-state index in [-0.39, 0.29) is 12.2 Å². The standard InChI is InChI=1S/C6H2Cl2F4/c7-3-1-5(9,10)2-4(8)6(3,11)12/h1-2H. The fourth-order valence-corrected chi connectivity index (χ4v) is 1.22. The van der Waals surface area contributed by atoms with E-state index in [0.29, 0.717) is 0 Å². The number of alkyl halides is 4. The van der Waals surface area contributed by atoms with Crippen molar-refractivity contribution in [2.24, 2.45) is 0 Å². The van der Waals surface area contributed by atoms with E-state index in [1.54, 1.807) is 0 Å². The van der Waals surface area contributed by atoms with Crippen LogP contribution in [-0.2, 0) is 0 Å². The molecule has 0 fully saturated rings. The van der Waals surface area contributed by atoms with Crippen LogP contribution < -0.4 is 0 Å². The third kappa shape index (κ3) is 1.59. The molecule has 0 aromatic rings. The van der Waals surface area contributed by atoms with Crippen LogP contribution in [0.5, 0.6) is 0 Å². The summed E-state index contributed by atoms with van der Waals surface area (Å²) < 4.78 is 50.0. The summed E-state index contributed by atoms with van der Waals surface area (Å²) in [5.41, 5.74) is 0. The second-order valence-electron chi connectivity index (χ2n) is 2.23. The molecule has 68 valence electrons. The minimum Gasteiger partial charge on any atom is -0.197 e. The zero-order valence-electron chi connectivity index (χ0n) is 5.42. The topological polar surface area (TPSA) is 0 Å². The molecule has 0 aromatic carbocycles. The first kappa shape index (κ1) is 9.86. The third-order valence-electron chi connectivity index (χ3n) is 1.24. The van der Waals surface area contributed by atoms with Gasteiger partial charge in [-0.2, -0.15) is 17.6 Å². The zero-order valence-corrected chi connectivity index (χ0v) is 6.93. The highest BCUT2D eigenvalue weighted by atomic mass is 35.5. The Bertz CT molecular complexity index is 243. The van der Waals surface area contributed by atoms with Gasteiger partial charge in [-0.25, -0.2) is 0 Å². The van der Waals surface area contributed by atoms with Crippen LogP contribution in [-0.4, -0.2) is 11.8 Å². The van der Waals surface area contributed by atoms with Crippen molar-refractivity contribution in [3.05, 3.63) is 22.2 Å². The summed E-state index contributed by atoms with van der Waals surface area (Å²) in [5, 5.41) is -2.50. The van der Waals surface area contributed by atoms with Crippen LogP contribution in [0.3, 0.4) is 0 Å². The minimum atomic E-state index is -3.68. The Balaban J connectivity index is 3.14. The molecule has 1 aliphatic carbocycles. The van der Waals surface area contributed by atoms with E-state index in [9.17, 15) is 17.6 Å². The van der Waals surface area contributed by atoms with Gasteiger partial charge in [0.1, 0.15) is 0 Å². The van der Waals surface area contributed by atoms with E-state index in [0.717, 1.165) is 0 Å². The first-order valence-corrected chi connectivity index (χ1v) is 3.54. The average Bonchev–Trinajstić information content (AvgIpc) is 1.82. The van der Waals surface area contributed by atoms with Crippen LogP contribution in [0.2, 0.25) is 0 Å². The molecule has 0 radical (unpaired) electrons. The van der Waals surface area contributed by atoms with Crippen molar-refractivity contribution in [2.75, 3.05) is 0 Å². The minimum absolute atomic E-state index is 0.0273. The predicted molar refractivity (Wildman–Crippen MR) is 37.8 cm³/mol. The van der Waals surface area contributed by atoms with Gasteiger partial charge < -0.3 is 0 Å². The van der Waals surface area contributed by atoms with E-state index < -0.39 is 21.9 Å². The number of hydrogen-bond donors (Lipinski definition) is 0. The molecule has 0 unspecified atom stereocenters. The van der Waals surface area contributed by atoms with E-state index in [1.165, 1.54) is 0 Å². The average molecular weight is 221 g/mol. The van der Waals surface area contributed by atoms with Crippen LogP contribution in [0.25, 0.3) is 0 Å². The highest BCUT2D eigenvalue weighted by Crippen LogP contribution is 2.44. The van der Waals surface area contributed by atoms with E-state index >= 15 is 0 Å². The monoisotopic (exact) mass is 220 g/mol. The molecule has 0 aliphatic heterocycles. The quantitative estimate of drug-likeness (QED) is 0.549. The van der Waals surface area contributed by atoms with E-state index in [4.69, 9.17) is 23.2 Å². The maximum absolute atomic E-state index is 12.6. The Morgan fingerprint density at radius 3 is 1.58 bits per heavy atom. The van der Waals surface area contributed by atoms with Gasteiger partial charge in [0.05, 0.1) is 10.1 Å². The lowest BCUT2D eigenvalue weighted by Gasteiger charge is -2.22. The van der Waals surface area contributed by atoms with Crippen LogP contribution in [0.4, 0.5) is 17.6 Å². The molecule has 0 saturated carbocycles. The molecule has 6 heteroatoms. The molecule has 0 aromatic heterocycles. The molecular weight excluding hydrogens is 219 g/mol. The fraction of sp³-hybridized carbons (Fsp3) is 0.333.